The van der Waals surface area contributed by atoms with E-state index in [0.717, 1.165) is 18.4 Å². The molecule has 13 heteroatoms. The molecule has 0 bridgehead atoms. The Hall–Kier alpha value is -2.93. The third kappa shape index (κ3) is 7.05. The first-order valence-corrected chi connectivity index (χ1v) is 11.2. The average molecular weight is 473 g/mol. The molecule has 9 nitrogen and oxygen atoms in total. The Labute approximate surface area is 182 Å². The Kier molecular flexibility index (Phi) is 7.19. The second-order valence-corrected chi connectivity index (χ2v) is 9.02. The number of ether oxygens (including phenoxy) is 1. The summed E-state index contributed by atoms with van der Waals surface area (Å²) >= 11 is 0. The van der Waals surface area contributed by atoms with Gasteiger partial charge in [0.1, 0.15) is 0 Å². The number of primary sulfonamides is 1. The predicted octanol–water partition coefficient (Wildman–Crippen LogP) is 3.04. The fourth-order valence-electron chi connectivity index (χ4n) is 3.17. The number of nitrogens with zero attached hydrogens (tertiary/aromatic N) is 2. The molecule has 1 aliphatic rings. The molecule has 1 aromatic heterocycles. The maximum Gasteiger partial charge on any atom is 0.407 e. The lowest BCUT2D eigenvalue weighted by Gasteiger charge is -2.34. The van der Waals surface area contributed by atoms with Crippen molar-refractivity contribution in [3.05, 3.63) is 42.2 Å². The number of alkyl carbamates (subject to hydrolysis) is 1. The summed E-state index contributed by atoms with van der Waals surface area (Å²) < 4.78 is 63.6. The van der Waals surface area contributed by atoms with Crippen LogP contribution in [0.5, 0.6) is 0 Å². The molecule has 1 fully saturated rings. The van der Waals surface area contributed by atoms with Crippen LogP contribution in [-0.4, -0.2) is 43.8 Å². The standard InChI is InChI=1S/C19H22F3N5O4S/c20-19(21,22)5-6-24-18(28)31-11-12-7-13(8-12)14-9-25-17(26-10-14)27-15-1-3-16(4-2-15)32(23,29)30/h1-4,9-10,12-13H,5-8,11H2,(H,24,28)(H2,23,29,30)(H,25,26,27). The minimum Gasteiger partial charge on any atom is -0.449 e. The van der Waals surface area contributed by atoms with Crippen molar-refractivity contribution in [2.45, 2.75) is 36.3 Å². The molecule has 0 saturated heterocycles. The summed E-state index contributed by atoms with van der Waals surface area (Å²) in [5.74, 6) is 0.676. The molecule has 0 atom stereocenters. The number of carbonyl (C=O) groups is 1. The van der Waals surface area contributed by atoms with Gasteiger partial charge >= 0.3 is 12.3 Å². The van der Waals surface area contributed by atoms with E-state index in [1.54, 1.807) is 24.5 Å². The molecule has 0 unspecified atom stereocenters. The molecule has 174 valence electrons. The number of sulfonamides is 1. The van der Waals surface area contributed by atoms with Crippen LogP contribution in [0.25, 0.3) is 0 Å². The van der Waals surface area contributed by atoms with Gasteiger partial charge in [0.25, 0.3) is 0 Å². The molecule has 2 aromatic rings. The minimum absolute atomic E-state index is 0.00150. The van der Waals surface area contributed by atoms with Gasteiger partial charge in [-0.3, -0.25) is 0 Å². The molecule has 1 amide bonds. The molecule has 0 radical (unpaired) electrons. The topological polar surface area (TPSA) is 136 Å². The van der Waals surface area contributed by atoms with E-state index in [0.29, 0.717) is 11.6 Å². The van der Waals surface area contributed by atoms with Crippen molar-refractivity contribution in [2.75, 3.05) is 18.5 Å². The number of carbonyl (C=O) groups excluding carboxylic acids is 1. The Morgan fingerprint density at radius 1 is 1.16 bits per heavy atom. The average Bonchev–Trinajstić information content (AvgIpc) is 2.67. The molecule has 1 saturated carbocycles. The largest absolute Gasteiger partial charge is 0.449 e. The maximum atomic E-state index is 12.0. The van der Waals surface area contributed by atoms with E-state index in [1.807, 2.05) is 0 Å². The molecule has 3 rings (SSSR count). The van der Waals surface area contributed by atoms with E-state index >= 15 is 0 Å². The number of hydrogen-bond donors (Lipinski definition) is 3. The van der Waals surface area contributed by atoms with Gasteiger partial charge in [-0.15, -0.1) is 0 Å². The van der Waals surface area contributed by atoms with Crippen LogP contribution in [0.1, 0.15) is 30.7 Å². The smallest absolute Gasteiger partial charge is 0.407 e. The number of benzene rings is 1. The van der Waals surface area contributed by atoms with Gasteiger partial charge in [0.2, 0.25) is 16.0 Å². The van der Waals surface area contributed by atoms with E-state index in [2.05, 4.69) is 20.6 Å². The zero-order valence-corrected chi connectivity index (χ0v) is 17.6. The van der Waals surface area contributed by atoms with Crippen LogP contribution >= 0.6 is 0 Å². The van der Waals surface area contributed by atoms with Gasteiger partial charge in [-0.25, -0.2) is 28.3 Å². The highest BCUT2D eigenvalue weighted by Gasteiger charge is 2.32. The summed E-state index contributed by atoms with van der Waals surface area (Å²) in [5.41, 5.74) is 1.52. The van der Waals surface area contributed by atoms with E-state index in [4.69, 9.17) is 9.88 Å². The van der Waals surface area contributed by atoms with Crippen LogP contribution in [0.3, 0.4) is 0 Å². The Balaban J connectivity index is 1.40. The maximum absolute atomic E-state index is 12.0. The highest BCUT2D eigenvalue weighted by molar-refractivity contribution is 7.89. The summed E-state index contributed by atoms with van der Waals surface area (Å²) in [6.45, 7) is -0.368. The van der Waals surface area contributed by atoms with Crippen molar-refractivity contribution < 1.29 is 31.1 Å². The molecule has 1 aromatic carbocycles. The second kappa shape index (κ2) is 9.69. The fraction of sp³-hybridized carbons (Fsp3) is 0.421. The first kappa shape index (κ1) is 23.7. The highest BCUT2D eigenvalue weighted by atomic mass is 32.2. The first-order chi connectivity index (χ1) is 15.0. The molecule has 1 heterocycles. The zero-order chi connectivity index (χ0) is 23.4. The van der Waals surface area contributed by atoms with Crippen molar-refractivity contribution in [3.8, 4) is 0 Å². The molecule has 0 spiro atoms. The van der Waals surface area contributed by atoms with E-state index in [1.165, 1.54) is 12.1 Å². The lowest BCUT2D eigenvalue weighted by Crippen LogP contribution is -2.32. The fourth-order valence-corrected chi connectivity index (χ4v) is 3.68. The van der Waals surface area contributed by atoms with Crippen molar-refractivity contribution in [1.29, 1.82) is 0 Å². The van der Waals surface area contributed by atoms with Gasteiger partial charge in [-0.1, -0.05) is 0 Å². The summed E-state index contributed by atoms with van der Waals surface area (Å²) in [6.07, 6.45) is -1.41. The predicted molar refractivity (Wildman–Crippen MR) is 109 cm³/mol. The Bertz CT molecular complexity index is 1020. The number of nitrogens with one attached hydrogen (secondary N) is 2. The van der Waals surface area contributed by atoms with Crippen LogP contribution in [0, 0.1) is 5.92 Å². The zero-order valence-electron chi connectivity index (χ0n) is 16.8. The number of halogens is 3. The molecule has 32 heavy (non-hydrogen) atoms. The number of aromatic nitrogens is 2. The van der Waals surface area contributed by atoms with Gasteiger partial charge in [0.15, 0.2) is 0 Å². The summed E-state index contributed by atoms with van der Waals surface area (Å²) in [6, 6.07) is 5.85. The van der Waals surface area contributed by atoms with Crippen LogP contribution in [-0.2, 0) is 14.8 Å². The van der Waals surface area contributed by atoms with Gasteiger partial charge in [0, 0.05) is 24.6 Å². The third-order valence-corrected chi connectivity index (χ3v) is 5.88. The van der Waals surface area contributed by atoms with Gasteiger partial charge in [-0.05, 0) is 54.5 Å². The number of alkyl halides is 3. The van der Waals surface area contributed by atoms with Gasteiger partial charge in [-0.2, -0.15) is 13.2 Å². The van der Waals surface area contributed by atoms with Crippen LogP contribution in [0.2, 0.25) is 0 Å². The minimum atomic E-state index is -4.32. The van der Waals surface area contributed by atoms with Crippen molar-refractivity contribution >= 4 is 27.8 Å². The number of rotatable bonds is 8. The van der Waals surface area contributed by atoms with Gasteiger partial charge in [0.05, 0.1) is 17.9 Å². The second-order valence-electron chi connectivity index (χ2n) is 7.46. The lowest BCUT2D eigenvalue weighted by molar-refractivity contribution is -0.133. The van der Waals surface area contributed by atoms with E-state index < -0.39 is 35.3 Å². The number of anilines is 2. The molecule has 0 aliphatic heterocycles. The molecule has 1 aliphatic carbocycles. The summed E-state index contributed by atoms with van der Waals surface area (Å²) in [7, 11) is -3.76. The van der Waals surface area contributed by atoms with Crippen molar-refractivity contribution in [3.63, 3.8) is 0 Å². The normalized spacial score (nSPS) is 18.5. The molecular weight excluding hydrogens is 451 g/mol. The van der Waals surface area contributed by atoms with Crippen LogP contribution in [0.15, 0.2) is 41.6 Å². The number of nitrogens with two attached hydrogens (primary N) is 1. The number of hydrogen-bond acceptors (Lipinski definition) is 7. The first-order valence-electron chi connectivity index (χ1n) is 9.69. The Morgan fingerprint density at radius 2 is 1.78 bits per heavy atom. The number of amides is 1. The highest BCUT2D eigenvalue weighted by Crippen LogP contribution is 2.41. The van der Waals surface area contributed by atoms with Crippen LogP contribution in [0.4, 0.5) is 29.6 Å². The third-order valence-electron chi connectivity index (χ3n) is 4.95. The summed E-state index contributed by atoms with van der Waals surface area (Å²) in [5, 5.41) is 10.1. The lowest BCUT2D eigenvalue weighted by atomic mass is 9.72. The van der Waals surface area contributed by atoms with Crippen molar-refractivity contribution in [1.82, 2.24) is 15.3 Å². The SMILES string of the molecule is NS(=O)(=O)c1ccc(Nc2ncc(C3CC(COC(=O)NCCC(F)(F)F)C3)cn2)cc1. The Morgan fingerprint density at radius 3 is 2.34 bits per heavy atom. The van der Waals surface area contributed by atoms with E-state index in [-0.39, 0.29) is 23.3 Å². The van der Waals surface area contributed by atoms with Crippen LogP contribution < -0.4 is 15.8 Å². The van der Waals surface area contributed by atoms with Crippen molar-refractivity contribution in [2.24, 2.45) is 11.1 Å². The van der Waals surface area contributed by atoms with E-state index in [9.17, 15) is 26.4 Å². The monoisotopic (exact) mass is 473 g/mol. The molecule has 4 N–H and O–H groups in total. The quantitative estimate of drug-likeness (QED) is 0.536. The van der Waals surface area contributed by atoms with Gasteiger partial charge < -0.3 is 15.4 Å². The summed E-state index contributed by atoms with van der Waals surface area (Å²) in [4.78, 5) is 19.9. The molecular formula is C19H22F3N5O4S.